The Hall–Kier alpha value is -0.800. The van der Waals surface area contributed by atoms with Crippen LogP contribution in [0, 0.1) is 6.92 Å². The number of benzene rings is 2. The molecule has 0 aromatic heterocycles. The Morgan fingerprint density at radius 1 is 1.05 bits per heavy atom. The van der Waals surface area contributed by atoms with Crippen LogP contribution in [0.5, 0.6) is 0 Å². The molecule has 0 aliphatic heterocycles. The van der Waals surface area contributed by atoms with Gasteiger partial charge < -0.3 is 5.32 Å². The summed E-state index contributed by atoms with van der Waals surface area (Å²) in [7, 11) is 0. The molecule has 2 aromatic rings. The van der Waals surface area contributed by atoms with Gasteiger partial charge in [0.25, 0.3) is 0 Å². The molecule has 0 aliphatic rings. The van der Waals surface area contributed by atoms with E-state index in [0.717, 1.165) is 27.5 Å². The van der Waals surface area contributed by atoms with Gasteiger partial charge >= 0.3 is 0 Å². The van der Waals surface area contributed by atoms with Gasteiger partial charge in [0.2, 0.25) is 0 Å². The van der Waals surface area contributed by atoms with Crippen molar-refractivity contribution in [3.8, 4) is 0 Å². The predicted octanol–water partition coefficient (Wildman–Crippen LogP) is 6.47. The largest absolute Gasteiger partial charge is 0.376 e. The summed E-state index contributed by atoms with van der Waals surface area (Å²) in [6, 6.07) is 15.2. The Morgan fingerprint density at radius 3 is 2.20 bits per heavy atom. The predicted molar refractivity (Wildman–Crippen MR) is 94.3 cm³/mol. The van der Waals surface area contributed by atoms with E-state index in [1.807, 2.05) is 0 Å². The second-order valence-corrected chi connectivity index (χ2v) is 6.71. The van der Waals surface area contributed by atoms with Crippen molar-refractivity contribution in [2.75, 3.05) is 5.32 Å². The van der Waals surface area contributed by atoms with Crippen molar-refractivity contribution < 1.29 is 0 Å². The molecule has 0 spiro atoms. The first-order valence-corrected chi connectivity index (χ1v) is 8.47. The fourth-order valence-electron chi connectivity index (χ4n) is 2.31. The Labute approximate surface area is 138 Å². The maximum absolute atomic E-state index is 3.67. The molecule has 3 heteroatoms. The standard InChI is InChI=1S/C17H19Br2N/c1-3-7-16(13-8-5-4-6-9-13)20-17-14(18)10-12(2)11-15(17)19/h4-6,8-11,16,20H,3,7H2,1-2H3. The Kier molecular flexibility index (Phi) is 5.67. The lowest BCUT2D eigenvalue weighted by molar-refractivity contribution is 0.677. The van der Waals surface area contributed by atoms with Crippen LogP contribution >= 0.6 is 31.9 Å². The summed E-state index contributed by atoms with van der Waals surface area (Å²) >= 11 is 7.32. The monoisotopic (exact) mass is 395 g/mol. The maximum Gasteiger partial charge on any atom is 0.0634 e. The molecule has 0 radical (unpaired) electrons. The van der Waals surface area contributed by atoms with E-state index in [0.29, 0.717) is 6.04 Å². The third kappa shape index (κ3) is 3.86. The topological polar surface area (TPSA) is 12.0 Å². The van der Waals surface area contributed by atoms with Crippen LogP contribution in [0.15, 0.2) is 51.4 Å². The zero-order valence-electron chi connectivity index (χ0n) is 11.8. The Balaban J connectivity index is 2.30. The minimum atomic E-state index is 0.330. The van der Waals surface area contributed by atoms with Crippen molar-refractivity contribution in [3.05, 3.63) is 62.5 Å². The minimum absolute atomic E-state index is 0.330. The van der Waals surface area contributed by atoms with Crippen molar-refractivity contribution >= 4 is 37.5 Å². The molecule has 1 atom stereocenters. The van der Waals surface area contributed by atoms with Gasteiger partial charge in [0.05, 0.1) is 11.7 Å². The van der Waals surface area contributed by atoms with Crippen LogP contribution in [0.4, 0.5) is 5.69 Å². The van der Waals surface area contributed by atoms with Gasteiger partial charge in [0, 0.05) is 8.95 Å². The lowest BCUT2D eigenvalue weighted by atomic mass is 10.0. The van der Waals surface area contributed by atoms with E-state index in [1.165, 1.54) is 11.1 Å². The highest BCUT2D eigenvalue weighted by atomic mass is 79.9. The lowest BCUT2D eigenvalue weighted by Crippen LogP contribution is -2.11. The molecule has 0 saturated carbocycles. The summed E-state index contributed by atoms with van der Waals surface area (Å²) in [5, 5.41) is 3.67. The third-order valence-electron chi connectivity index (χ3n) is 3.28. The highest BCUT2D eigenvalue weighted by Gasteiger charge is 2.14. The molecule has 20 heavy (non-hydrogen) atoms. The molecule has 0 aliphatic carbocycles. The van der Waals surface area contributed by atoms with E-state index in [1.54, 1.807) is 0 Å². The maximum atomic E-state index is 3.67. The molecule has 2 rings (SSSR count). The number of hydrogen-bond donors (Lipinski definition) is 1. The summed E-state index contributed by atoms with van der Waals surface area (Å²) < 4.78 is 2.20. The van der Waals surface area contributed by atoms with Crippen LogP contribution in [0.2, 0.25) is 0 Å². The van der Waals surface area contributed by atoms with E-state index in [4.69, 9.17) is 0 Å². The molecular formula is C17H19Br2N. The molecule has 0 amide bonds. The summed E-state index contributed by atoms with van der Waals surface area (Å²) in [4.78, 5) is 0. The summed E-state index contributed by atoms with van der Waals surface area (Å²) in [5.41, 5.74) is 3.69. The number of aryl methyl sites for hydroxylation is 1. The number of anilines is 1. The summed E-state index contributed by atoms with van der Waals surface area (Å²) in [5.74, 6) is 0. The highest BCUT2D eigenvalue weighted by Crippen LogP contribution is 2.35. The number of nitrogens with one attached hydrogen (secondary N) is 1. The van der Waals surface area contributed by atoms with Crippen molar-refractivity contribution in [1.29, 1.82) is 0 Å². The van der Waals surface area contributed by atoms with Gasteiger partial charge in [-0.05, 0) is 68.5 Å². The second-order valence-electron chi connectivity index (χ2n) is 5.00. The molecule has 1 N–H and O–H groups in total. The van der Waals surface area contributed by atoms with Gasteiger partial charge in [-0.1, -0.05) is 43.7 Å². The van der Waals surface area contributed by atoms with Crippen molar-refractivity contribution in [2.45, 2.75) is 32.7 Å². The lowest BCUT2D eigenvalue weighted by Gasteiger charge is -2.22. The molecule has 1 nitrogen and oxygen atoms in total. The zero-order chi connectivity index (χ0) is 14.5. The second kappa shape index (κ2) is 7.28. The van der Waals surface area contributed by atoms with Gasteiger partial charge in [-0.25, -0.2) is 0 Å². The molecule has 106 valence electrons. The number of rotatable bonds is 5. The van der Waals surface area contributed by atoms with E-state index < -0.39 is 0 Å². The van der Waals surface area contributed by atoms with Gasteiger partial charge in [-0.3, -0.25) is 0 Å². The van der Waals surface area contributed by atoms with E-state index in [-0.39, 0.29) is 0 Å². The molecule has 0 fully saturated rings. The average Bonchev–Trinajstić information content (AvgIpc) is 2.42. The molecule has 0 bridgehead atoms. The van der Waals surface area contributed by atoms with Crippen LogP contribution in [0.3, 0.4) is 0 Å². The highest BCUT2D eigenvalue weighted by molar-refractivity contribution is 9.11. The van der Waals surface area contributed by atoms with Gasteiger partial charge in [-0.15, -0.1) is 0 Å². The van der Waals surface area contributed by atoms with Crippen molar-refractivity contribution in [2.24, 2.45) is 0 Å². The molecule has 2 aromatic carbocycles. The zero-order valence-corrected chi connectivity index (χ0v) is 15.0. The van der Waals surface area contributed by atoms with Gasteiger partial charge in [-0.2, -0.15) is 0 Å². The molecule has 0 heterocycles. The van der Waals surface area contributed by atoms with Crippen LogP contribution in [-0.4, -0.2) is 0 Å². The SMILES string of the molecule is CCCC(Nc1c(Br)cc(C)cc1Br)c1ccccc1. The minimum Gasteiger partial charge on any atom is -0.376 e. The van der Waals surface area contributed by atoms with Crippen LogP contribution in [0.1, 0.15) is 36.9 Å². The number of hydrogen-bond acceptors (Lipinski definition) is 1. The van der Waals surface area contributed by atoms with E-state index in [2.05, 4.69) is 93.5 Å². The van der Waals surface area contributed by atoms with Crippen LogP contribution in [-0.2, 0) is 0 Å². The first-order valence-electron chi connectivity index (χ1n) is 6.89. The van der Waals surface area contributed by atoms with E-state index >= 15 is 0 Å². The van der Waals surface area contributed by atoms with Crippen LogP contribution in [0.25, 0.3) is 0 Å². The Morgan fingerprint density at radius 2 is 1.65 bits per heavy atom. The first kappa shape index (κ1) is 15.6. The Bertz CT molecular complexity index is 543. The number of halogens is 2. The van der Waals surface area contributed by atoms with Crippen molar-refractivity contribution in [3.63, 3.8) is 0 Å². The fraction of sp³-hybridized carbons (Fsp3) is 0.294. The average molecular weight is 397 g/mol. The molecule has 0 saturated heterocycles. The summed E-state index contributed by atoms with van der Waals surface area (Å²) in [6.45, 7) is 4.32. The van der Waals surface area contributed by atoms with Gasteiger partial charge in [0.15, 0.2) is 0 Å². The fourth-order valence-corrected chi connectivity index (χ4v) is 3.95. The van der Waals surface area contributed by atoms with E-state index in [9.17, 15) is 0 Å². The first-order chi connectivity index (χ1) is 9.61. The normalized spacial score (nSPS) is 12.2. The van der Waals surface area contributed by atoms with Gasteiger partial charge in [0.1, 0.15) is 0 Å². The van der Waals surface area contributed by atoms with Crippen LogP contribution < -0.4 is 5.32 Å². The molecular weight excluding hydrogens is 378 g/mol. The van der Waals surface area contributed by atoms with Crippen molar-refractivity contribution in [1.82, 2.24) is 0 Å². The smallest absolute Gasteiger partial charge is 0.0634 e. The molecule has 1 unspecified atom stereocenters. The third-order valence-corrected chi connectivity index (χ3v) is 4.54. The summed E-state index contributed by atoms with van der Waals surface area (Å²) in [6.07, 6.45) is 2.25. The quantitative estimate of drug-likeness (QED) is 0.610.